The van der Waals surface area contributed by atoms with Crippen molar-refractivity contribution >= 4 is 73.4 Å². The first-order valence-electron chi connectivity index (χ1n) is 12.4. The zero-order chi connectivity index (χ0) is 31.0. The van der Waals surface area contributed by atoms with E-state index < -0.39 is 77.9 Å². The lowest BCUT2D eigenvalue weighted by molar-refractivity contribution is -0.142. The quantitative estimate of drug-likeness (QED) is 0.0490. The fraction of sp³-hybridized carbons (Fsp3) is 0.727. The van der Waals surface area contributed by atoms with Gasteiger partial charge in [0.2, 0.25) is 29.5 Å². The Morgan fingerprint density at radius 2 is 1.07 bits per heavy atom. The predicted molar refractivity (Wildman–Crippen MR) is 157 cm³/mol. The highest BCUT2D eigenvalue weighted by Gasteiger charge is 2.33. The van der Waals surface area contributed by atoms with Crippen LogP contribution in [0.5, 0.6) is 0 Å². The summed E-state index contributed by atoms with van der Waals surface area (Å²) in [5.74, 6) is -5.86. The van der Waals surface area contributed by atoms with E-state index in [4.69, 9.17) is 11.5 Å². The monoisotopic (exact) mass is 627 g/mol. The number of carboxylic acids is 1. The minimum Gasteiger partial charge on any atom is -0.480 e. The van der Waals surface area contributed by atoms with Crippen molar-refractivity contribution in [3.8, 4) is 0 Å². The van der Waals surface area contributed by atoms with Crippen molar-refractivity contribution in [3.63, 3.8) is 0 Å². The first-order valence-corrected chi connectivity index (χ1v) is 14.3. The molecule has 0 aliphatic rings. The Morgan fingerprint density at radius 3 is 1.45 bits per heavy atom. The smallest absolute Gasteiger partial charge is 0.326 e. The minimum absolute atomic E-state index is 0.104. The van der Waals surface area contributed by atoms with Crippen LogP contribution in [0.4, 0.5) is 0 Å². The van der Waals surface area contributed by atoms with E-state index in [1.807, 2.05) is 0 Å². The van der Waals surface area contributed by atoms with Gasteiger partial charge in [-0.15, -0.1) is 0 Å². The maximum Gasteiger partial charge on any atom is 0.326 e. The molecule has 0 aliphatic carbocycles. The number of carbonyl (C=O) groups is 6. The number of carboxylic acid groups (broad SMARTS) is 1. The molecule has 230 valence electrons. The van der Waals surface area contributed by atoms with Crippen molar-refractivity contribution in [1.82, 2.24) is 26.6 Å². The lowest BCUT2D eigenvalue weighted by Crippen LogP contribution is -2.62. The molecule has 0 radical (unpaired) electrons. The summed E-state index contributed by atoms with van der Waals surface area (Å²) in [6.07, 6.45) is -0.301. The van der Waals surface area contributed by atoms with Crippen LogP contribution in [0.25, 0.3) is 0 Å². The van der Waals surface area contributed by atoms with Crippen LogP contribution in [0, 0.1) is 0 Å². The van der Waals surface area contributed by atoms with Crippen molar-refractivity contribution < 1.29 is 39.0 Å². The van der Waals surface area contributed by atoms with Gasteiger partial charge >= 0.3 is 5.97 Å². The van der Waals surface area contributed by atoms with E-state index in [0.29, 0.717) is 19.4 Å². The average Bonchev–Trinajstić information content (AvgIpc) is 2.90. The van der Waals surface area contributed by atoms with Crippen LogP contribution in [0.3, 0.4) is 0 Å². The van der Waals surface area contributed by atoms with Gasteiger partial charge in [0.25, 0.3) is 0 Å². The van der Waals surface area contributed by atoms with Crippen molar-refractivity contribution in [2.24, 2.45) is 11.5 Å². The zero-order valence-corrected chi connectivity index (χ0v) is 25.0. The summed E-state index contributed by atoms with van der Waals surface area (Å²) in [7, 11) is 0. The number of thiol groups is 3. The molecule has 0 saturated carbocycles. The van der Waals surface area contributed by atoms with Gasteiger partial charge in [0.1, 0.15) is 30.2 Å². The Morgan fingerprint density at radius 1 is 0.675 bits per heavy atom. The van der Waals surface area contributed by atoms with Crippen LogP contribution in [-0.2, 0) is 28.8 Å². The number of aliphatic hydroxyl groups is 1. The van der Waals surface area contributed by atoms with Gasteiger partial charge in [-0.05, 0) is 39.7 Å². The molecule has 7 atom stereocenters. The Labute approximate surface area is 249 Å². The Balaban J connectivity index is 5.40. The summed E-state index contributed by atoms with van der Waals surface area (Å²) in [6, 6.07) is -7.38. The number of nitrogens with one attached hydrogen (secondary N) is 5. The molecule has 0 saturated heterocycles. The van der Waals surface area contributed by atoms with E-state index in [1.165, 1.54) is 13.8 Å². The normalized spacial score (nSPS) is 16.2. The number of hydrogen-bond donors (Lipinski definition) is 12. The summed E-state index contributed by atoms with van der Waals surface area (Å²) in [5.41, 5.74) is 10.9. The van der Waals surface area contributed by atoms with Crippen molar-refractivity contribution in [2.75, 3.05) is 23.8 Å². The molecule has 15 nitrogen and oxygen atoms in total. The number of unbranched alkanes of at least 4 members (excludes halogenated alkanes) is 1. The van der Waals surface area contributed by atoms with Gasteiger partial charge in [0.05, 0.1) is 12.1 Å². The molecule has 0 unspecified atom stereocenters. The molecule has 0 heterocycles. The van der Waals surface area contributed by atoms with Crippen LogP contribution >= 0.6 is 37.9 Å². The Kier molecular flexibility index (Phi) is 18.7. The van der Waals surface area contributed by atoms with E-state index >= 15 is 0 Å². The molecule has 0 aromatic rings. The maximum atomic E-state index is 12.9. The number of amides is 5. The van der Waals surface area contributed by atoms with E-state index in [-0.39, 0.29) is 23.7 Å². The Hall–Kier alpha value is -2.25. The molecule has 0 fully saturated rings. The van der Waals surface area contributed by atoms with Gasteiger partial charge in [0, 0.05) is 17.3 Å². The number of hydrogen-bond acceptors (Lipinski definition) is 12. The first-order chi connectivity index (χ1) is 18.7. The highest BCUT2D eigenvalue weighted by Crippen LogP contribution is 2.04. The number of carbonyl (C=O) groups excluding carboxylic acids is 5. The van der Waals surface area contributed by atoms with Crippen molar-refractivity contribution in [2.45, 2.75) is 75.5 Å². The molecule has 40 heavy (non-hydrogen) atoms. The minimum atomic E-state index is -1.57. The molecule has 18 heteroatoms. The largest absolute Gasteiger partial charge is 0.480 e. The number of rotatable bonds is 19. The summed E-state index contributed by atoms with van der Waals surface area (Å²) in [4.78, 5) is 74.3. The zero-order valence-electron chi connectivity index (χ0n) is 22.3. The second-order valence-corrected chi connectivity index (χ2v) is 10.0. The lowest BCUT2D eigenvalue weighted by atomic mass is 10.1. The van der Waals surface area contributed by atoms with Gasteiger partial charge in [-0.3, -0.25) is 24.0 Å². The van der Waals surface area contributed by atoms with Gasteiger partial charge < -0.3 is 48.3 Å². The number of nitrogens with two attached hydrogens (primary N) is 2. The van der Waals surface area contributed by atoms with Gasteiger partial charge in [-0.25, -0.2) is 4.79 Å². The highest BCUT2D eigenvalue weighted by molar-refractivity contribution is 7.80. The number of aliphatic hydroxyl groups excluding tert-OH is 1. The van der Waals surface area contributed by atoms with Crippen molar-refractivity contribution in [3.05, 3.63) is 0 Å². The van der Waals surface area contributed by atoms with Gasteiger partial charge in [-0.1, -0.05) is 0 Å². The third kappa shape index (κ3) is 13.4. The van der Waals surface area contributed by atoms with E-state index in [9.17, 15) is 39.0 Å². The first kappa shape index (κ1) is 37.8. The van der Waals surface area contributed by atoms with Crippen LogP contribution in [0.15, 0.2) is 0 Å². The second kappa shape index (κ2) is 19.8. The number of aliphatic carboxylic acids is 1. The molecule has 5 amide bonds. The predicted octanol–water partition coefficient (Wildman–Crippen LogP) is -3.86. The molecule has 0 spiro atoms. The molecule has 11 N–H and O–H groups in total. The van der Waals surface area contributed by atoms with Crippen LogP contribution in [-0.4, -0.2) is 112 Å². The Bertz CT molecular complexity index is 881. The molecular weight excluding hydrogens is 586 g/mol. The highest BCUT2D eigenvalue weighted by atomic mass is 32.1. The topological polar surface area (TPSA) is 255 Å². The second-order valence-electron chi connectivity index (χ2n) is 8.93. The lowest BCUT2D eigenvalue weighted by Gasteiger charge is -2.27. The third-order valence-corrected chi connectivity index (χ3v) is 6.58. The van der Waals surface area contributed by atoms with E-state index in [0.717, 1.165) is 0 Å². The summed E-state index contributed by atoms with van der Waals surface area (Å²) >= 11 is 12.1. The standard InChI is InChI=1S/C22H41N7O8S3/c1-10(24)17(31)26-13(7-38)19(33)27-15(9-40)20(34)29-16(11(2)30)21(35)28-14(8-39)18(32)25-12(22(36)37)5-3-4-6-23/h10-16,30,38-40H,3-9,23-24H2,1-2H3,(H,25,32)(H,26,31)(H,27,33)(H,28,35)(H,29,34)(H,36,37)/t10-,11+,12-,13-,14-,15-,16-/m0/s1. The SMILES string of the molecule is C[C@H](N)C(=O)N[C@@H](CS)C(=O)N[C@@H](CS)C(=O)N[C@H](C(=O)N[C@@H](CS)C(=O)N[C@@H](CCCCN)C(=O)O)[C@@H](C)O. The fourth-order valence-electron chi connectivity index (χ4n) is 3.10. The summed E-state index contributed by atoms with van der Waals surface area (Å²) in [6.45, 7) is 3.00. The molecule has 0 aliphatic heterocycles. The van der Waals surface area contributed by atoms with E-state index in [1.54, 1.807) is 0 Å². The molecule has 0 rings (SSSR count). The average molecular weight is 628 g/mol. The molecule has 0 aromatic carbocycles. The van der Waals surface area contributed by atoms with Gasteiger partial charge in [-0.2, -0.15) is 37.9 Å². The van der Waals surface area contributed by atoms with Crippen LogP contribution in [0.2, 0.25) is 0 Å². The maximum absolute atomic E-state index is 12.9. The molecular formula is C22H41N7O8S3. The molecule has 0 bridgehead atoms. The fourth-order valence-corrected chi connectivity index (χ4v) is 3.87. The van der Waals surface area contributed by atoms with Crippen LogP contribution in [0.1, 0.15) is 33.1 Å². The van der Waals surface area contributed by atoms with E-state index in [2.05, 4.69) is 64.5 Å². The van der Waals surface area contributed by atoms with Gasteiger partial charge in [0.15, 0.2) is 0 Å². The summed E-state index contributed by atoms with van der Waals surface area (Å²) in [5, 5.41) is 31.2. The third-order valence-electron chi connectivity index (χ3n) is 5.48. The van der Waals surface area contributed by atoms with Crippen molar-refractivity contribution in [1.29, 1.82) is 0 Å². The molecule has 0 aromatic heterocycles. The summed E-state index contributed by atoms with van der Waals surface area (Å²) < 4.78 is 0. The van der Waals surface area contributed by atoms with Crippen LogP contribution < -0.4 is 38.1 Å².